The first-order valence-electron chi connectivity index (χ1n) is 5.22. The summed E-state index contributed by atoms with van der Waals surface area (Å²) >= 11 is 0. The summed E-state index contributed by atoms with van der Waals surface area (Å²) in [6, 6.07) is -0.313. The van der Waals surface area contributed by atoms with E-state index in [0.717, 1.165) is 4.90 Å². The predicted molar refractivity (Wildman–Crippen MR) is 54.8 cm³/mol. The fourth-order valence-corrected chi connectivity index (χ4v) is 1.90. The third-order valence-corrected chi connectivity index (χ3v) is 3.43. The average molecular weight is 222 g/mol. The Balaban J connectivity index is 2.78. The molecule has 1 aliphatic rings. The SMILES string of the molecule is COC(C)CN1C(C)C(C)N(C)C1(F)F. The molecule has 0 N–H and O–H groups in total. The molecule has 1 heterocycles. The van der Waals surface area contributed by atoms with Crippen molar-refractivity contribution in [1.29, 1.82) is 0 Å². The second-order valence-corrected chi connectivity index (χ2v) is 4.30. The lowest BCUT2D eigenvalue weighted by atomic mass is 10.1. The number of likely N-dealkylation sites (N-methyl/N-ethyl adjacent to an activating group) is 1. The molecule has 0 spiro atoms. The Morgan fingerprint density at radius 2 is 1.87 bits per heavy atom. The van der Waals surface area contributed by atoms with Gasteiger partial charge in [-0.05, 0) is 27.8 Å². The fourth-order valence-electron chi connectivity index (χ4n) is 1.90. The zero-order valence-electron chi connectivity index (χ0n) is 10.00. The highest BCUT2D eigenvalue weighted by Crippen LogP contribution is 2.36. The van der Waals surface area contributed by atoms with Gasteiger partial charge in [-0.1, -0.05) is 0 Å². The molecule has 3 unspecified atom stereocenters. The van der Waals surface area contributed by atoms with Crippen molar-refractivity contribution in [3.05, 3.63) is 0 Å². The van der Waals surface area contributed by atoms with E-state index in [1.165, 1.54) is 19.1 Å². The number of rotatable bonds is 3. The van der Waals surface area contributed by atoms with Crippen LogP contribution < -0.4 is 0 Å². The topological polar surface area (TPSA) is 15.7 Å². The summed E-state index contributed by atoms with van der Waals surface area (Å²) in [7, 11) is 3.00. The normalized spacial score (nSPS) is 34.6. The molecule has 1 fully saturated rings. The maximum Gasteiger partial charge on any atom is 0.369 e. The highest BCUT2D eigenvalue weighted by Gasteiger charge is 2.54. The first-order valence-corrected chi connectivity index (χ1v) is 5.22. The number of alkyl halides is 2. The van der Waals surface area contributed by atoms with Crippen LogP contribution in [-0.2, 0) is 4.74 Å². The minimum absolute atomic E-state index is 0.149. The van der Waals surface area contributed by atoms with Crippen LogP contribution in [0.1, 0.15) is 20.8 Å². The second kappa shape index (κ2) is 4.31. The molecule has 3 nitrogen and oxygen atoms in total. The van der Waals surface area contributed by atoms with Gasteiger partial charge in [-0.15, -0.1) is 0 Å². The zero-order valence-corrected chi connectivity index (χ0v) is 10.00. The molecule has 3 atom stereocenters. The van der Waals surface area contributed by atoms with E-state index in [1.54, 1.807) is 6.92 Å². The molecule has 1 rings (SSSR count). The Hall–Kier alpha value is -0.260. The van der Waals surface area contributed by atoms with E-state index >= 15 is 0 Å². The summed E-state index contributed by atoms with van der Waals surface area (Å²) in [6.07, 6.45) is -3.05. The van der Waals surface area contributed by atoms with Gasteiger partial charge in [0.15, 0.2) is 0 Å². The van der Waals surface area contributed by atoms with Gasteiger partial charge < -0.3 is 4.74 Å². The van der Waals surface area contributed by atoms with Crippen LogP contribution in [0.4, 0.5) is 8.78 Å². The van der Waals surface area contributed by atoms with Crippen molar-refractivity contribution in [2.24, 2.45) is 0 Å². The minimum atomic E-state index is -2.87. The number of hydrogen-bond donors (Lipinski definition) is 0. The summed E-state index contributed by atoms with van der Waals surface area (Å²) in [5.41, 5.74) is 0. The fraction of sp³-hybridized carbons (Fsp3) is 1.00. The highest BCUT2D eigenvalue weighted by molar-refractivity contribution is 4.92. The molecule has 90 valence electrons. The second-order valence-electron chi connectivity index (χ2n) is 4.30. The number of halogens is 2. The van der Waals surface area contributed by atoms with Gasteiger partial charge in [-0.25, -0.2) is 9.80 Å². The van der Waals surface area contributed by atoms with Crippen molar-refractivity contribution in [3.8, 4) is 0 Å². The van der Waals surface area contributed by atoms with E-state index in [0.29, 0.717) is 0 Å². The smallest absolute Gasteiger partial charge is 0.369 e. The van der Waals surface area contributed by atoms with Crippen molar-refractivity contribution >= 4 is 0 Å². The van der Waals surface area contributed by atoms with Gasteiger partial charge in [-0.3, -0.25) is 0 Å². The molecule has 0 bridgehead atoms. The Bertz CT molecular complexity index is 225. The third kappa shape index (κ3) is 2.14. The highest BCUT2D eigenvalue weighted by atomic mass is 19.3. The van der Waals surface area contributed by atoms with Crippen LogP contribution in [0.25, 0.3) is 0 Å². The number of methoxy groups -OCH3 is 1. The van der Waals surface area contributed by atoms with E-state index in [2.05, 4.69) is 0 Å². The van der Waals surface area contributed by atoms with Gasteiger partial charge in [0.25, 0.3) is 0 Å². The number of ether oxygens (including phenoxy) is 1. The van der Waals surface area contributed by atoms with Gasteiger partial charge in [0.1, 0.15) is 0 Å². The van der Waals surface area contributed by atoms with Crippen LogP contribution in [0.3, 0.4) is 0 Å². The van der Waals surface area contributed by atoms with Crippen molar-refractivity contribution in [2.45, 2.75) is 45.1 Å². The molecule has 0 aliphatic carbocycles. The molecule has 15 heavy (non-hydrogen) atoms. The van der Waals surface area contributed by atoms with Crippen molar-refractivity contribution in [3.63, 3.8) is 0 Å². The Morgan fingerprint density at radius 1 is 1.33 bits per heavy atom. The zero-order chi connectivity index (χ0) is 11.8. The van der Waals surface area contributed by atoms with Crippen LogP contribution in [0.2, 0.25) is 0 Å². The van der Waals surface area contributed by atoms with E-state index < -0.39 is 6.17 Å². The molecule has 0 aromatic rings. The summed E-state index contributed by atoms with van der Waals surface area (Å²) in [6.45, 7) is 5.69. The van der Waals surface area contributed by atoms with Crippen molar-refractivity contribution < 1.29 is 13.5 Å². The monoisotopic (exact) mass is 222 g/mol. The van der Waals surface area contributed by atoms with Crippen LogP contribution in [0.5, 0.6) is 0 Å². The van der Waals surface area contributed by atoms with Gasteiger partial charge in [0, 0.05) is 25.7 Å². The molecule has 0 aromatic carbocycles. The van der Waals surface area contributed by atoms with Gasteiger partial charge in [0.05, 0.1) is 6.10 Å². The lowest BCUT2D eigenvalue weighted by Gasteiger charge is -2.30. The van der Waals surface area contributed by atoms with Crippen LogP contribution in [0.15, 0.2) is 0 Å². The van der Waals surface area contributed by atoms with E-state index in [-0.39, 0.29) is 24.7 Å². The summed E-state index contributed by atoms with van der Waals surface area (Å²) in [5, 5.41) is 0. The number of nitrogens with zero attached hydrogens (tertiary/aromatic N) is 2. The van der Waals surface area contributed by atoms with E-state index in [1.807, 2.05) is 13.8 Å². The number of hydrogen-bond acceptors (Lipinski definition) is 3. The van der Waals surface area contributed by atoms with Crippen LogP contribution in [0, 0.1) is 0 Å². The van der Waals surface area contributed by atoms with E-state index in [4.69, 9.17) is 4.74 Å². The van der Waals surface area contributed by atoms with Crippen molar-refractivity contribution in [1.82, 2.24) is 9.80 Å². The lowest BCUT2D eigenvalue weighted by Crippen LogP contribution is -2.48. The molecule has 5 heteroatoms. The third-order valence-electron chi connectivity index (χ3n) is 3.43. The Labute approximate surface area is 90.0 Å². The average Bonchev–Trinajstić information content (AvgIpc) is 2.33. The Morgan fingerprint density at radius 3 is 2.20 bits per heavy atom. The molecular formula is C10H20F2N2O. The first-order chi connectivity index (χ1) is 6.82. The van der Waals surface area contributed by atoms with Gasteiger partial charge in [0.2, 0.25) is 0 Å². The molecular weight excluding hydrogens is 202 g/mol. The maximum absolute atomic E-state index is 13.8. The molecule has 1 aliphatic heterocycles. The van der Waals surface area contributed by atoms with Crippen LogP contribution >= 0.6 is 0 Å². The van der Waals surface area contributed by atoms with Crippen LogP contribution in [-0.4, -0.2) is 54.9 Å². The first kappa shape index (κ1) is 12.8. The minimum Gasteiger partial charge on any atom is -0.380 e. The lowest BCUT2D eigenvalue weighted by molar-refractivity contribution is -0.215. The molecule has 1 saturated heterocycles. The predicted octanol–water partition coefficient (Wildman–Crippen LogP) is 1.60. The molecule has 0 saturated carbocycles. The van der Waals surface area contributed by atoms with Gasteiger partial charge >= 0.3 is 6.17 Å². The Kier molecular flexibility index (Phi) is 3.68. The van der Waals surface area contributed by atoms with Gasteiger partial charge in [-0.2, -0.15) is 8.78 Å². The molecule has 0 aromatic heterocycles. The molecule has 0 amide bonds. The quantitative estimate of drug-likeness (QED) is 0.674. The van der Waals surface area contributed by atoms with Crippen molar-refractivity contribution in [2.75, 3.05) is 20.7 Å². The molecule has 0 radical (unpaired) electrons. The largest absolute Gasteiger partial charge is 0.380 e. The summed E-state index contributed by atoms with van der Waals surface area (Å²) in [5.74, 6) is 0. The van der Waals surface area contributed by atoms with E-state index in [9.17, 15) is 8.78 Å². The standard InChI is InChI=1S/C10H20F2N2O/c1-7(15-5)6-14-9(3)8(2)13(4)10(14,11)12/h7-9H,6H2,1-5H3. The summed E-state index contributed by atoms with van der Waals surface area (Å²) in [4.78, 5) is 2.31. The maximum atomic E-state index is 13.8. The summed E-state index contributed by atoms with van der Waals surface area (Å²) < 4.78 is 32.6.